The van der Waals surface area contributed by atoms with E-state index in [0.29, 0.717) is 12.5 Å². The van der Waals surface area contributed by atoms with E-state index in [1.807, 2.05) is 35.2 Å². The maximum Gasteiger partial charge on any atom is 0.317 e. The van der Waals surface area contributed by atoms with Crippen LogP contribution in [0.1, 0.15) is 29.9 Å². The predicted molar refractivity (Wildman–Crippen MR) is 101 cm³/mol. The molecule has 1 saturated heterocycles. The second-order valence-electron chi connectivity index (χ2n) is 6.70. The van der Waals surface area contributed by atoms with Crippen LogP contribution >= 0.6 is 0 Å². The molecule has 25 heavy (non-hydrogen) atoms. The van der Waals surface area contributed by atoms with Gasteiger partial charge in [0.2, 0.25) is 0 Å². The summed E-state index contributed by atoms with van der Waals surface area (Å²) in [5.41, 5.74) is 3.71. The van der Waals surface area contributed by atoms with Crippen LogP contribution in [-0.4, -0.2) is 29.0 Å². The van der Waals surface area contributed by atoms with Crippen LogP contribution in [0.4, 0.5) is 4.79 Å². The molecule has 128 valence electrons. The Bertz CT molecular complexity index is 848. The molecule has 0 atom stereocenters. The lowest BCUT2D eigenvalue weighted by Gasteiger charge is -2.32. The number of urea groups is 1. The van der Waals surface area contributed by atoms with Gasteiger partial charge in [-0.15, -0.1) is 0 Å². The number of fused-ring (bicyclic) bond motifs is 1. The zero-order valence-corrected chi connectivity index (χ0v) is 14.2. The van der Waals surface area contributed by atoms with Gasteiger partial charge in [0.05, 0.1) is 0 Å². The number of H-pyrrole nitrogens is 1. The average Bonchev–Trinajstić information content (AvgIpc) is 3.11. The molecule has 0 radical (unpaired) electrons. The van der Waals surface area contributed by atoms with Gasteiger partial charge in [0, 0.05) is 36.7 Å². The lowest BCUT2D eigenvalue weighted by Crippen LogP contribution is -2.43. The first kappa shape index (κ1) is 15.8. The number of carbonyl (C=O) groups is 1. The molecular formula is C21H23N3O. The number of likely N-dealkylation sites (tertiary alicyclic amines) is 1. The molecule has 1 fully saturated rings. The quantitative estimate of drug-likeness (QED) is 0.739. The summed E-state index contributed by atoms with van der Waals surface area (Å²) in [6.07, 6.45) is 4.17. The van der Waals surface area contributed by atoms with Crippen LogP contribution in [0.25, 0.3) is 10.9 Å². The zero-order valence-electron chi connectivity index (χ0n) is 14.2. The Morgan fingerprint density at radius 3 is 2.56 bits per heavy atom. The minimum atomic E-state index is 0.0428. The first-order valence-corrected chi connectivity index (χ1v) is 8.94. The fourth-order valence-electron chi connectivity index (χ4n) is 3.71. The highest BCUT2D eigenvalue weighted by Crippen LogP contribution is 2.33. The maximum atomic E-state index is 12.4. The van der Waals surface area contributed by atoms with Crippen molar-refractivity contribution in [1.82, 2.24) is 15.2 Å². The Morgan fingerprint density at radius 1 is 1.04 bits per heavy atom. The number of nitrogens with zero attached hydrogens (tertiary/aromatic N) is 1. The number of carbonyl (C=O) groups excluding carboxylic acids is 1. The van der Waals surface area contributed by atoms with E-state index in [9.17, 15) is 4.79 Å². The lowest BCUT2D eigenvalue weighted by atomic mass is 9.89. The third-order valence-electron chi connectivity index (χ3n) is 5.13. The monoisotopic (exact) mass is 333 g/mol. The van der Waals surface area contributed by atoms with Gasteiger partial charge < -0.3 is 15.2 Å². The predicted octanol–water partition coefficient (Wildman–Crippen LogP) is 4.26. The second kappa shape index (κ2) is 7.01. The van der Waals surface area contributed by atoms with E-state index in [-0.39, 0.29) is 6.03 Å². The van der Waals surface area contributed by atoms with E-state index in [0.717, 1.165) is 31.5 Å². The molecule has 0 bridgehead atoms. The number of aromatic amines is 1. The van der Waals surface area contributed by atoms with Gasteiger partial charge in [0.1, 0.15) is 0 Å². The smallest absolute Gasteiger partial charge is 0.317 e. The summed E-state index contributed by atoms with van der Waals surface area (Å²) in [5, 5.41) is 4.34. The highest BCUT2D eigenvalue weighted by Gasteiger charge is 2.25. The number of amides is 2. The first-order chi connectivity index (χ1) is 12.3. The van der Waals surface area contributed by atoms with Crippen LogP contribution in [-0.2, 0) is 6.54 Å². The van der Waals surface area contributed by atoms with Gasteiger partial charge in [0.25, 0.3) is 0 Å². The Kier molecular flexibility index (Phi) is 4.42. The van der Waals surface area contributed by atoms with Crippen LogP contribution in [0.15, 0.2) is 60.8 Å². The van der Waals surface area contributed by atoms with Crippen LogP contribution in [0.2, 0.25) is 0 Å². The van der Waals surface area contributed by atoms with E-state index >= 15 is 0 Å². The highest BCUT2D eigenvalue weighted by molar-refractivity contribution is 5.83. The van der Waals surface area contributed by atoms with E-state index in [2.05, 4.69) is 40.8 Å². The number of nitrogens with one attached hydrogen (secondary N) is 2. The molecular weight excluding hydrogens is 310 g/mol. The Hall–Kier alpha value is -2.75. The van der Waals surface area contributed by atoms with Crippen molar-refractivity contribution in [1.29, 1.82) is 0 Å². The standard InChI is InChI=1S/C21H23N3O/c25-21(23-14-16-6-2-1-3-7-16)24-12-10-17(11-13-24)19-15-22-20-9-5-4-8-18(19)20/h1-9,15,17,22H,10-14H2,(H,23,25). The summed E-state index contributed by atoms with van der Waals surface area (Å²) in [5.74, 6) is 0.523. The molecule has 4 nitrogen and oxygen atoms in total. The van der Waals surface area contributed by atoms with Crippen molar-refractivity contribution in [2.45, 2.75) is 25.3 Å². The van der Waals surface area contributed by atoms with Crippen LogP contribution in [0.5, 0.6) is 0 Å². The molecule has 2 N–H and O–H groups in total. The average molecular weight is 333 g/mol. The van der Waals surface area contributed by atoms with Crippen molar-refractivity contribution in [2.75, 3.05) is 13.1 Å². The van der Waals surface area contributed by atoms with E-state index in [4.69, 9.17) is 0 Å². The normalized spacial score (nSPS) is 15.4. The van der Waals surface area contributed by atoms with Crippen molar-refractivity contribution in [3.05, 3.63) is 71.9 Å². The molecule has 1 aromatic heterocycles. The Balaban J connectivity index is 1.34. The summed E-state index contributed by atoms with van der Waals surface area (Å²) < 4.78 is 0. The number of hydrogen-bond acceptors (Lipinski definition) is 1. The second-order valence-corrected chi connectivity index (χ2v) is 6.70. The summed E-state index contributed by atoms with van der Waals surface area (Å²) in [6, 6.07) is 18.5. The topological polar surface area (TPSA) is 48.1 Å². The molecule has 2 heterocycles. The van der Waals surface area contributed by atoms with Gasteiger partial charge >= 0.3 is 6.03 Å². The molecule has 1 aliphatic heterocycles. The summed E-state index contributed by atoms with van der Waals surface area (Å²) >= 11 is 0. The first-order valence-electron chi connectivity index (χ1n) is 8.94. The number of rotatable bonds is 3. The summed E-state index contributed by atoms with van der Waals surface area (Å²) in [6.45, 7) is 2.21. The van der Waals surface area contributed by atoms with Crippen molar-refractivity contribution >= 4 is 16.9 Å². The van der Waals surface area contributed by atoms with Crippen molar-refractivity contribution in [3.63, 3.8) is 0 Å². The van der Waals surface area contributed by atoms with Gasteiger partial charge in [-0.2, -0.15) is 0 Å². The molecule has 0 spiro atoms. The molecule has 1 aliphatic rings. The van der Waals surface area contributed by atoms with Crippen molar-refractivity contribution in [2.24, 2.45) is 0 Å². The van der Waals surface area contributed by atoms with Crippen LogP contribution in [0, 0.1) is 0 Å². The summed E-state index contributed by atoms with van der Waals surface area (Å²) in [4.78, 5) is 17.7. The van der Waals surface area contributed by atoms with Gasteiger partial charge in [0.15, 0.2) is 0 Å². The Morgan fingerprint density at radius 2 is 1.76 bits per heavy atom. The van der Waals surface area contributed by atoms with E-state index < -0.39 is 0 Å². The fraction of sp³-hybridized carbons (Fsp3) is 0.286. The molecule has 0 saturated carbocycles. The third kappa shape index (κ3) is 3.38. The summed E-state index contributed by atoms with van der Waals surface area (Å²) in [7, 11) is 0. The fourth-order valence-corrected chi connectivity index (χ4v) is 3.71. The number of hydrogen-bond donors (Lipinski definition) is 2. The molecule has 0 unspecified atom stereocenters. The SMILES string of the molecule is O=C(NCc1ccccc1)N1CCC(c2c[nH]c3ccccc23)CC1. The lowest BCUT2D eigenvalue weighted by molar-refractivity contribution is 0.181. The number of aromatic nitrogens is 1. The van der Waals surface area contributed by atoms with Crippen molar-refractivity contribution in [3.8, 4) is 0 Å². The molecule has 2 amide bonds. The van der Waals surface area contributed by atoms with Crippen LogP contribution in [0.3, 0.4) is 0 Å². The number of benzene rings is 2. The number of para-hydroxylation sites is 1. The van der Waals surface area contributed by atoms with E-state index in [1.54, 1.807) is 0 Å². The molecule has 2 aromatic carbocycles. The van der Waals surface area contributed by atoms with Crippen molar-refractivity contribution < 1.29 is 4.79 Å². The molecule has 4 heteroatoms. The number of piperidine rings is 1. The van der Waals surface area contributed by atoms with Crippen LogP contribution < -0.4 is 5.32 Å². The molecule has 0 aliphatic carbocycles. The Labute approximate surface area is 147 Å². The zero-order chi connectivity index (χ0) is 17.1. The maximum absolute atomic E-state index is 12.4. The minimum Gasteiger partial charge on any atom is -0.361 e. The van der Waals surface area contributed by atoms with Gasteiger partial charge in [-0.1, -0.05) is 48.5 Å². The van der Waals surface area contributed by atoms with Gasteiger partial charge in [-0.3, -0.25) is 0 Å². The molecule has 3 aromatic rings. The molecule has 4 rings (SSSR count). The van der Waals surface area contributed by atoms with Gasteiger partial charge in [-0.25, -0.2) is 4.79 Å². The minimum absolute atomic E-state index is 0.0428. The van der Waals surface area contributed by atoms with Gasteiger partial charge in [-0.05, 0) is 36.0 Å². The van der Waals surface area contributed by atoms with E-state index in [1.165, 1.54) is 16.5 Å². The third-order valence-corrected chi connectivity index (χ3v) is 5.13. The highest BCUT2D eigenvalue weighted by atomic mass is 16.2. The largest absolute Gasteiger partial charge is 0.361 e.